The number of aryl methyl sites for hydroxylation is 1. The molecule has 1 aromatic rings. The van der Waals surface area contributed by atoms with E-state index in [2.05, 4.69) is 16.8 Å². The van der Waals surface area contributed by atoms with Crippen LogP contribution in [0.4, 0.5) is 0 Å². The van der Waals surface area contributed by atoms with Gasteiger partial charge in [-0.3, -0.25) is 9.69 Å². The molecule has 1 unspecified atom stereocenters. The monoisotopic (exact) mass is 279 g/mol. The topological polar surface area (TPSA) is 67.4 Å². The second-order valence-corrected chi connectivity index (χ2v) is 5.40. The van der Waals surface area contributed by atoms with Crippen LogP contribution in [-0.4, -0.2) is 64.0 Å². The number of nitrogens with zero attached hydrogens (tertiary/aromatic N) is 4. The minimum absolute atomic E-state index is 0.0736. The highest BCUT2D eigenvalue weighted by atomic mass is 16.2. The molecule has 1 fully saturated rings. The van der Waals surface area contributed by atoms with Gasteiger partial charge in [-0.15, -0.1) is 0 Å². The third kappa shape index (κ3) is 3.19. The SMILES string of the molecule is CCCC(CN)N1CCN(C(=O)c2cncn2C)CC1. The van der Waals surface area contributed by atoms with Gasteiger partial charge >= 0.3 is 0 Å². The second-order valence-electron chi connectivity index (χ2n) is 5.40. The summed E-state index contributed by atoms with van der Waals surface area (Å²) in [5.74, 6) is 0.0736. The lowest BCUT2D eigenvalue weighted by Crippen LogP contribution is -2.53. The van der Waals surface area contributed by atoms with Crippen LogP contribution in [0.2, 0.25) is 0 Å². The Morgan fingerprint density at radius 1 is 1.40 bits per heavy atom. The highest BCUT2D eigenvalue weighted by Crippen LogP contribution is 2.12. The third-order valence-electron chi connectivity index (χ3n) is 4.05. The first kappa shape index (κ1) is 15.0. The summed E-state index contributed by atoms with van der Waals surface area (Å²) in [5, 5.41) is 0. The largest absolute Gasteiger partial charge is 0.335 e. The first-order valence-electron chi connectivity index (χ1n) is 7.37. The maximum Gasteiger partial charge on any atom is 0.272 e. The zero-order chi connectivity index (χ0) is 14.5. The molecule has 1 aliphatic rings. The summed E-state index contributed by atoms with van der Waals surface area (Å²) in [7, 11) is 1.85. The van der Waals surface area contributed by atoms with E-state index in [9.17, 15) is 4.79 Å². The van der Waals surface area contributed by atoms with E-state index < -0.39 is 0 Å². The van der Waals surface area contributed by atoms with Crippen LogP contribution in [-0.2, 0) is 7.05 Å². The smallest absolute Gasteiger partial charge is 0.272 e. The molecule has 2 rings (SSSR count). The van der Waals surface area contributed by atoms with E-state index in [0.717, 1.165) is 39.0 Å². The number of amides is 1. The predicted molar refractivity (Wildman–Crippen MR) is 78.4 cm³/mol. The molecule has 1 aliphatic heterocycles. The van der Waals surface area contributed by atoms with E-state index in [1.54, 1.807) is 17.1 Å². The van der Waals surface area contributed by atoms with E-state index in [1.165, 1.54) is 0 Å². The number of nitrogens with two attached hydrogens (primary N) is 1. The number of aromatic nitrogens is 2. The van der Waals surface area contributed by atoms with Crippen LogP contribution in [0.1, 0.15) is 30.3 Å². The maximum atomic E-state index is 12.4. The fourth-order valence-corrected chi connectivity index (χ4v) is 2.80. The van der Waals surface area contributed by atoms with Crippen molar-refractivity contribution >= 4 is 5.91 Å². The summed E-state index contributed by atoms with van der Waals surface area (Å²) in [6.45, 7) is 6.24. The molecular weight excluding hydrogens is 254 g/mol. The molecule has 2 N–H and O–H groups in total. The molecule has 0 spiro atoms. The molecule has 6 nitrogen and oxygen atoms in total. The molecule has 1 atom stereocenters. The second kappa shape index (κ2) is 6.85. The van der Waals surface area contributed by atoms with Gasteiger partial charge in [-0.25, -0.2) is 4.98 Å². The van der Waals surface area contributed by atoms with Gasteiger partial charge in [0.2, 0.25) is 0 Å². The first-order valence-corrected chi connectivity index (χ1v) is 7.37. The average molecular weight is 279 g/mol. The van der Waals surface area contributed by atoms with Crippen LogP contribution in [0.15, 0.2) is 12.5 Å². The Morgan fingerprint density at radius 3 is 2.60 bits per heavy atom. The average Bonchev–Trinajstić information content (AvgIpc) is 2.90. The van der Waals surface area contributed by atoms with Crippen molar-refractivity contribution in [2.45, 2.75) is 25.8 Å². The first-order chi connectivity index (χ1) is 9.67. The fourth-order valence-electron chi connectivity index (χ4n) is 2.80. The van der Waals surface area contributed by atoms with Crippen LogP contribution < -0.4 is 5.73 Å². The Balaban J connectivity index is 1.91. The van der Waals surface area contributed by atoms with Crippen LogP contribution in [0.25, 0.3) is 0 Å². The summed E-state index contributed by atoms with van der Waals surface area (Å²) in [6.07, 6.45) is 5.58. The molecule has 6 heteroatoms. The third-order valence-corrected chi connectivity index (χ3v) is 4.05. The summed E-state index contributed by atoms with van der Waals surface area (Å²) in [6, 6.07) is 0.453. The molecule has 0 aliphatic carbocycles. The Bertz CT molecular complexity index is 437. The van der Waals surface area contributed by atoms with Crippen LogP contribution in [0, 0.1) is 0 Å². The molecule has 1 amide bonds. The van der Waals surface area contributed by atoms with E-state index in [-0.39, 0.29) is 5.91 Å². The summed E-state index contributed by atoms with van der Waals surface area (Å²) >= 11 is 0. The molecule has 0 aromatic carbocycles. The van der Waals surface area contributed by atoms with Crippen molar-refractivity contribution < 1.29 is 4.79 Å². The molecule has 0 bridgehead atoms. The van der Waals surface area contributed by atoms with Gasteiger partial charge in [0.25, 0.3) is 5.91 Å². The highest BCUT2D eigenvalue weighted by molar-refractivity contribution is 5.92. The number of hydrogen-bond acceptors (Lipinski definition) is 4. The van der Waals surface area contributed by atoms with Crippen LogP contribution >= 0.6 is 0 Å². The minimum atomic E-state index is 0.0736. The maximum absolute atomic E-state index is 12.4. The highest BCUT2D eigenvalue weighted by Gasteiger charge is 2.26. The van der Waals surface area contributed by atoms with Crippen molar-refractivity contribution in [3.63, 3.8) is 0 Å². The van der Waals surface area contributed by atoms with Crippen molar-refractivity contribution in [1.29, 1.82) is 0 Å². The Kier molecular flexibility index (Phi) is 5.14. The normalized spacial score (nSPS) is 18.2. The quantitative estimate of drug-likeness (QED) is 0.842. The number of piperazine rings is 1. The van der Waals surface area contributed by atoms with Gasteiger partial charge in [-0.2, -0.15) is 0 Å². The molecule has 112 valence electrons. The van der Waals surface area contributed by atoms with E-state index >= 15 is 0 Å². The molecule has 1 saturated heterocycles. The minimum Gasteiger partial charge on any atom is -0.335 e. The van der Waals surface area contributed by atoms with Crippen molar-refractivity contribution in [3.05, 3.63) is 18.2 Å². The number of carbonyl (C=O) groups is 1. The van der Waals surface area contributed by atoms with Crippen molar-refractivity contribution in [1.82, 2.24) is 19.4 Å². The lowest BCUT2D eigenvalue weighted by molar-refractivity contribution is 0.0557. The summed E-state index contributed by atoms with van der Waals surface area (Å²) in [4.78, 5) is 20.7. The standard InChI is InChI=1S/C14H25N5O/c1-3-4-12(9-15)18-5-7-19(8-6-18)14(20)13-10-16-11-17(13)2/h10-12H,3-9,15H2,1-2H3. The molecule has 0 saturated carbocycles. The Hall–Kier alpha value is -1.40. The van der Waals surface area contributed by atoms with E-state index in [1.807, 2.05) is 11.9 Å². The lowest BCUT2D eigenvalue weighted by atomic mass is 10.1. The molecule has 2 heterocycles. The zero-order valence-corrected chi connectivity index (χ0v) is 12.5. The number of rotatable bonds is 5. The molecular formula is C14H25N5O. The summed E-state index contributed by atoms with van der Waals surface area (Å²) in [5.41, 5.74) is 6.50. The van der Waals surface area contributed by atoms with Gasteiger partial charge in [-0.1, -0.05) is 13.3 Å². The van der Waals surface area contributed by atoms with Crippen LogP contribution in [0.5, 0.6) is 0 Å². The van der Waals surface area contributed by atoms with Gasteiger partial charge in [-0.05, 0) is 6.42 Å². The number of carbonyl (C=O) groups excluding carboxylic acids is 1. The van der Waals surface area contributed by atoms with Crippen LogP contribution in [0.3, 0.4) is 0 Å². The number of imidazole rings is 1. The Labute approximate surface area is 120 Å². The van der Waals surface area contributed by atoms with Crippen molar-refractivity contribution in [2.24, 2.45) is 12.8 Å². The molecule has 20 heavy (non-hydrogen) atoms. The number of hydrogen-bond donors (Lipinski definition) is 1. The van der Waals surface area contributed by atoms with Gasteiger partial charge in [0, 0.05) is 45.8 Å². The van der Waals surface area contributed by atoms with Crippen molar-refractivity contribution in [2.75, 3.05) is 32.7 Å². The van der Waals surface area contributed by atoms with Gasteiger partial charge < -0.3 is 15.2 Å². The van der Waals surface area contributed by atoms with Gasteiger partial charge in [0.15, 0.2) is 0 Å². The van der Waals surface area contributed by atoms with Crippen molar-refractivity contribution in [3.8, 4) is 0 Å². The van der Waals surface area contributed by atoms with Gasteiger partial charge in [0.05, 0.1) is 12.5 Å². The molecule has 1 aromatic heterocycles. The van der Waals surface area contributed by atoms with E-state index in [0.29, 0.717) is 18.3 Å². The van der Waals surface area contributed by atoms with Gasteiger partial charge in [0.1, 0.15) is 5.69 Å². The molecule has 0 radical (unpaired) electrons. The van der Waals surface area contributed by atoms with E-state index in [4.69, 9.17) is 5.73 Å². The Morgan fingerprint density at radius 2 is 2.10 bits per heavy atom. The summed E-state index contributed by atoms with van der Waals surface area (Å²) < 4.78 is 1.77. The lowest BCUT2D eigenvalue weighted by Gasteiger charge is -2.38. The zero-order valence-electron chi connectivity index (χ0n) is 12.5. The predicted octanol–water partition coefficient (Wildman–Crippen LogP) is 0.305. The fraction of sp³-hybridized carbons (Fsp3) is 0.714.